The van der Waals surface area contributed by atoms with E-state index in [1.165, 1.54) is 0 Å². The zero-order valence-electron chi connectivity index (χ0n) is 25.2. The Kier molecular flexibility index (Phi) is 7.80. The van der Waals surface area contributed by atoms with Crippen LogP contribution in [-0.4, -0.2) is 60.3 Å². The number of rotatable bonds is 8. The summed E-state index contributed by atoms with van der Waals surface area (Å²) in [4.78, 5) is 24.7. The molecule has 3 aromatic carbocycles. The summed E-state index contributed by atoms with van der Waals surface area (Å²) < 4.78 is 10.8. The van der Waals surface area contributed by atoms with Crippen molar-refractivity contribution in [2.45, 2.75) is 25.7 Å². The van der Waals surface area contributed by atoms with Crippen molar-refractivity contribution in [3.8, 4) is 56.5 Å². The van der Waals surface area contributed by atoms with E-state index >= 15 is 0 Å². The standard InChI is InChI=1S/C36H36N6O2/c1-43-29-14-10-25(11-15-29)31-23-33(39-35(37-31)41-18-3-4-19-41)27-8-7-9-28(22-27)34-24-32(26-12-16-30(44-2)17-13-26)38-36(40-34)42-20-5-6-21-42/h7-17,22-24H,3-6,18-21H2,1-2H3. The highest BCUT2D eigenvalue weighted by molar-refractivity contribution is 5.76. The van der Waals surface area contributed by atoms with Crippen molar-refractivity contribution in [3.63, 3.8) is 0 Å². The molecule has 8 heteroatoms. The summed E-state index contributed by atoms with van der Waals surface area (Å²) in [6, 6.07) is 28.8. The van der Waals surface area contributed by atoms with Gasteiger partial charge in [0.05, 0.1) is 37.0 Å². The molecule has 0 radical (unpaired) electrons. The zero-order valence-corrected chi connectivity index (χ0v) is 25.2. The molecule has 0 amide bonds. The van der Waals surface area contributed by atoms with Gasteiger partial charge in [0.15, 0.2) is 0 Å². The highest BCUT2D eigenvalue weighted by atomic mass is 16.5. The van der Waals surface area contributed by atoms with Gasteiger partial charge in [0.1, 0.15) is 11.5 Å². The van der Waals surface area contributed by atoms with Crippen LogP contribution in [0.25, 0.3) is 45.0 Å². The minimum absolute atomic E-state index is 0.774. The van der Waals surface area contributed by atoms with Crippen LogP contribution in [0.5, 0.6) is 11.5 Å². The van der Waals surface area contributed by atoms with Crippen molar-refractivity contribution in [1.29, 1.82) is 0 Å². The molecule has 0 aliphatic carbocycles. The van der Waals surface area contributed by atoms with Crippen molar-refractivity contribution in [2.75, 3.05) is 50.2 Å². The molecule has 2 saturated heterocycles. The number of hydrogen-bond acceptors (Lipinski definition) is 8. The van der Waals surface area contributed by atoms with Gasteiger partial charge in [0, 0.05) is 48.4 Å². The van der Waals surface area contributed by atoms with Gasteiger partial charge in [-0.15, -0.1) is 0 Å². The minimum Gasteiger partial charge on any atom is -0.497 e. The zero-order chi connectivity index (χ0) is 29.9. The van der Waals surface area contributed by atoms with Crippen LogP contribution in [0.4, 0.5) is 11.9 Å². The second kappa shape index (κ2) is 12.3. The Hall–Kier alpha value is -4.98. The third kappa shape index (κ3) is 5.80. The molecule has 0 bridgehead atoms. The summed E-state index contributed by atoms with van der Waals surface area (Å²) >= 11 is 0. The normalized spacial score (nSPS) is 14.7. The van der Waals surface area contributed by atoms with Gasteiger partial charge in [-0.05, 0) is 92.4 Å². The lowest BCUT2D eigenvalue weighted by Gasteiger charge is -2.18. The lowest BCUT2D eigenvalue weighted by molar-refractivity contribution is 0.415. The summed E-state index contributed by atoms with van der Waals surface area (Å²) in [6.45, 7) is 3.89. The van der Waals surface area contributed by atoms with Crippen molar-refractivity contribution in [3.05, 3.63) is 84.9 Å². The second-order valence-electron chi connectivity index (χ2n) is 11.3. The Morgan fingerprint density at radius 3 is 1.18 bits per heavy atom. The van der Waals surface area contributed by atoms with Gasteiger partial charge in [-0.2, -0.15) is 0 Å². The molecule has 2 aromatic heterocycles. The van der Waals surface area contributed by atoms with Crippen LogP contribution in [0.15, 0.2) is 84.9 Å². The van der Waals surface area contributed by atoms with Crippen LogP contribution in [0.2, 0.25) is 0 Å². The predicted molar refractivity (Wildman–Crippen MR) is 175 cm³/mol. The van der Waals surface area contributed by atoms with Crippen LogP contribution >= 0.6 is 0 Å². The molecule has 0 unspecified atom stereocenters. The molecular weight excluding hydrogens is 548 g/mol. The lowest BCUT2D eigenvalue weighted by Crippen LogP contribution is -2.21. The number of hydrogen-bond donors (Lipinski definition) is 0. The van der Waals surface area contributed by atoms with E-state index in [2.05, 4.69) is 70.5 Å². The quantitative estimate of drug-likeness (QED) is 0.190. The molecule has 7 rings (SSSR count). The molecule has 0 spiro atoms. The Morgan fingerprint density at radius 1 is 0.455 bits per heavy atom. The molecular formula is C36H36N6O2. The first-order valence-corrected chi connectivity index (χ1v) is 15.3. The topological polar surface area (TPSA) is 76.5 Å². The van der Waals surface area contributed by atoms with E-state index in [9.17, 15) is 0 Å². The molecule has 222 valence electrons. The van der Waals surface area contributed by atoms with Gasteiger partial charge in [0.25, 0.3) is 0 Å². The van der Waals surface area contributed by atoms with Gasteiger partial charge in [-0.3, -0.25) is 0 Å². The van der Waals surface area contributed by atoms with Crippen molar-refractivity contribution >= 4 is 11.9 Å². The first-order valence-electron chi connectivity index (χ1n) is 15.3. The third-order valence-electron chi connectivity index (χ3n) is 8.43. The number of nitrogens with zero attached hydrogens (tertiary/aromatic N) is 6. The third-order valence-corrected chi connectivity index (χ3v) is 8.43. The number of methoxy groups -OCH3 is 2. The average Bonchev–Trinajstić information content (AvgIpc) is 3.84. The molecule has 8 nitrogen and oxygen atoms in total. The van der Waals surface area contributed by atoms with Gasteiger partial charge in [-0.1, -0.05) is 18.2 Å². The number of ether oxygens (including phenoxy) is 2. The average molecular weight is 585 g/mol. The summed E-state index contributed by atoms with van der Waals surface area (Å²) in [6.07, 6.45) is 4.63. The van der Waals surface area contributed by atoms with Crippen molar-refractivity contribution in [2.24, 2.45) is 0 Å². The van der Waals surface area contributed by atoms with Crippen molar-refractivity contribution < 1.29 is 9.47 Å². The largest absolute Gasteiger partial charge is 0.497 e. The smallest absolute Gasteiger partial charge is 0.226 e. The summed E-state index contributed by atoms with van der Waals surface area (Å²) in [7, 11) is 3.37. The number of aromatic nitrogens is 4. The van der Waals surface area contributed by atoms with Crippen LogP contribution in [0.3, 0.4) is 0 Å². The van der Waals surface area contributed by atoms with Crippen LogP contribution in [-0.2, 0) is 0 Å². The van der Waals surface area contributed by atoms with Crippen molar-refractivity contribution in [1.82, 2.24) is 19.9 Å². The molecule has 2 aliphatic rings. The number of benzene rings is 3. The molecule has 2 aliphatic heterocycles. The highest BCUT2D eigenvalue weighted by Crippen LogP contribution is 2.33. The predicted octanol–water partition coefficient (Wildman–Crippen LogP) is 7.15. The lowest BCUT2D eigenvalue weighted by atomic mass is 10.0. The fraction of sp³-hybridized carbons (Fsp3) is 0.278. The molecule has 0 atom stereocenters. The summed E-state index contributed by atoms with van der Waals surface area (Å²) in [5, 5.41) is 0. The Bertz CT molecular complexity index is 1620. The maximum Gasteiger partial charge on any atom is 0.226 e. The van der Waals surface area contributed by atoms with E-state index in [4.69, 9.17) is 29.4 Å². The Morgan fingerprint density at radius 2 is 0.818 bits per heavy atom. The molecule has 5 aromatic rings. The molecule has 4 heterocycles. The summed E-state index contributed by atoms with van der Waals surface area (Å²) in [5.41, 5.74) is 7.66. The van der Waals surface area contributed by atoms with Crippen LogP contribution in [0.1, 0.15) is 25.7 Å². The van der Waals surface area contributed by atoms with Gasteiger partial charge in [-0.25, -0.2) is 19.9 Å². The molecule has 44 heavy (non-hydrogen) atoms. The van der Waals surface area contributed by atoms with E-state index in [1.807, 2.05) is 24.3 Å². The second-order valence-corrected chi connectivity index (χ2v) is 11.3. The van der Waals surface area contributed by atoms with E-state index in [0.29, 0.717) is 0 Å². The van der Waals surface area contributed by atoms with E-state index in [-0.39, 0.29) is 0 Å². The fourth-order valence-electron chi connectivity index (χ4n) is 5.94. The monoisotopic (exact) mass is 584 g/mol. The van der Waals surface area contributed by atoms with Crippen LogP contribution < -0.4 is 19.3 Å². The number of anilines is 2. The first-order chi connectivity index (χ1) is 21.7. The molecule has 0 N–H and O–H groups in total. The van der Waals surface area contributed by atoms with Gasteiger partial charge in [0.2, 0.25) is 11.9 Å². The Balaban J connectivity index is 1.30. The van der Waals surface area contributed by atoms with E-state index in [0.717, 1.165) is 120 Å². The maximum absolute atomic E-state index is 5.39. The SMILES string of the molecule is COc1ccc(-c2cc(-c3cccc(-c4cc(-c5ccc(OC)cc5)nc(N5CCCC5)n4)c3)nc(N3CCCC3)n2)cc1. The minimum atomic E-state index is 0.774. The molecule has 0 saturated carbocycles. The fourth-order valence-corrected chi connectivity index (χ4v) is 5.94. The first kappa shape index (κ1) is 27.8. The van der Waals surface area contributed by atoms with E-state index < -0.39 is 0 Å². The van der Waals surface area contributed by atoms with Gasteiger partial charge < -0.3 is 19.3 Å². The maximum atomic E-state index is 5.39. The van der Waals surface area contributed by atoms with E-state index in [1.54, 1.807) is 14.2 Å². The molecule has 2 fully saturated rings. The highest BCUT2D eigenvalue weighted by Gasteiger charge is 2.20. The Labute approximate surface area is 258 Å². The van der Waals surface area contributed by atoms with Gasteiger partial charge >= 0.3 is 0 Å². The van der Waals surface area contributed by atoms with Crippen LogP contribution in [0, 0.1) is 0 Å². The summed E-state index contributed by atoms with van der Waals surface area (Å²) in [5.74, 6) is 3.19.